The molecule has 1 spiro atoms. The number of guanidine groups is 1. The molecule has 23 heavy (non-hydrogen) atoms. The van der Waals surface area contributed by atoms with E-state index in [0.717, 1.165) is 57.4 Å². The van der Waals surface area contributed by atoms with Crippen molar-refractivity contribution < 1.29 is 9.53 Å². The van der Waals surface area contributed by atoms with E-state index in [1.54, 1.807) is 19.0 Å². The number of amides is 1. The maximum absolute atomic E-state index is 11.8. The highest BCUT2D eigenvalue weighted by Crippen LogP contribution is 2.39. The van der Waals surface area contributed by atoms with Gasteiger partial charge in [-0.15, -0.1) is 0 Å². The summed E-state index contributed by atoms with van der Waals surface area (Å²) in [5.41, 5.74) is 0.381. The molecule has 6 nitrogen and oxygen atoms in total. The topological polar surface area (TPSA) is 57.2 Å². The quantitative estimate of drug-likeness (QED) is 0.457. The van der Waals surface area contributed by atoms with Crippen molar-refractivity contribution in [1.29, 1.82) is 0 Å². The second-order valence-corrected chi connectivity index (χ2v) is 7.62. The van der Waals surface area contributed by atoms with Gasteiger partial charge in [0.05, 0.1) is 0 Å². The number of hydrogen-bond donors (Lipinski definition) is 1. The summed E-state index contributed by atoms with van der Waals surface area (Å²) in [5, 5.41) is 3.43. The molecule has 1 amide bonds. The number of thioether (sulfide) groups is 1. The third-order valence-electron chi connectivity index (χ3n) is 4.74. The van der Waals surface area contributed by atoms with Crippen molar-refractivity contribution in [2.24, 2.45) is 10.4 Å². The highest BCUT2D eigenvalue weighted by molar-refractivity contribution is 7.98. The number of aliphatic imine (C=N–C) groups is 1. The number of hydrogen-bond acceptors (Lipinski definition) is 4. The smallest absolute Gasteiger partial charge is 0.243 e. The molecule has 7 heteroatoms. The molecule has 132 valence electrons. The van der Waals surface area contributed by atoms with Gasteiger partial charge in [0.15, 0.2) is 5.96 Å². The van der Waals surface area contributed by atoms with Gasteiger partial charge in [0.1, 0.15) is 6.54 Å². The summed E-state index contributed by atoms with van der Waals surface area (Å²) < 4.78 is 5.52. The standard InChI is InChI=1S/C16H30N4O2S/c1-19(2)14(21)12-18-15(17-7-11-23-3)20-8-4-16(13-20)5-9-22-10-6-16/h4-13H2,1-3H3,(H,17,18). The van der Waals surface area contributed by atoms with Gasteiger partial charge in [-0.05, 0) is 30.9 Å². The lowest BCUT2D eigenvalue weighted by molar-refractivity contribution is -0.127. The van der Waals surface area contributed by atoms with Gasteiger partial charge >= 0.3 is 0 Å². The predicted octanol–water partition coefficient (Wildman–Crippen LogP) is 0.886. The molecule has 2 saturated heterocycles. The number of likely N-dealkylation sites (N-methyl/N-ethyl adjacent to an activating group) is 1. The van der Waals surface area contributed by atoms with Crippen molar-refractivity contribution in [2.75, 3.05) is 65.5 Å². The zero-order valence-corrected chi connectivity index (χ0v) is 15.5. The van der Waals surface area contributed by atoms with Gasteiger partial charge in [0.2, 0.25) is 5.91 Å². The Morgan fingerprint density at radius 3 is 2.74 bits per heavy atom. The monoisotopic (exact) mass is 342 g/mol. The van der Waals surface area contributed by atoms with Crippen LogP contribution in [0.5, 0.6) is 0 Å². The minimum absolute atomic E-state index is 0.0362. The van der Waals surface area contributed by atoms with Gasteiger partial charge in [0, 0.05) is 52.7 Å². The van der Waals surface area contributed by atoms with Crippen LogP contribution >= 0.6 is 11.8 Å². The van der Waals surface area contributed by atoms with Gasteiger partial charge in [-0.1, -0.05) is 0 Å². The molecule has 0 bridgehead atoms. The molecule has 0 atom stereocenters. The third-order valence-corrected chi connectivity index (χ3v) is 5.36. The van der Waals surface area contributed by atoms with Crippen LogP contribution in [0.1, 0.15) is 19.3 Å². The summed E-state index contributed by atoms with van der Waals surface area (Å²) in [5.74, 6) is 1.96. The summed E-state index contributed by atoms with van der Waals surface area (Å²) >= 11 is 1.81. The fourth-order valence-electron chi connectivity index (χ4n) is 3.14. The summed E-state index contributed by atoms with van der Waals surface area (Å²) in [6, 6.07) is 0. The number of nitrogens with one attached hydrogen (secondary N) is 1. The molecule has 0 aliphatic carbocycles. The largest absolute Gasteiger partial charge is 0.381 e. The van der Waals surface area contributed by atoms with Crippen molar-refractivity contribution in [3.63, 3.8) is 0 Å². The lowest BCUT2D eigenvalue weighted by Gasteiger charge is -2.33. The van der Waals surface area contributed by atoms with E-state index in [4.69, 9.17) is 4.74 Å². The van der Waals surface area contributed by atoms with Crippen LogP contribution in [0, 0.1) is 5.41 Å². The first-order valence-electron chi connectivity index (χ1n) is 8.36. The van der Waals surface area contributed by atoms with Gasteiger partial charge < -0.3 is 19.9 Å². The molecular weight excluding hydrogens is 312 g/mol. The third kappa shape index (κ3) is 5.28. The van der Waals surface area contributed by atoms with Gasteiger partial charge in [0.25, 0.3) is 0 Å². The van der Waals surface area contributed by atoms with E-state index in [2.05, 4.69) is 21.5 Å². The molecule has 2 aliphatic rings. The minimum atomic E-state index is 0.0362. The molecule has 0 radical (unpaired) electrons. The van der Waals surface area contributed by atoms with Crippen LogP contribution < -0.4 is 5.32 Å². The average molecular weight is 343 g/mol. The van der Waals surface area contributed by atoms with E-state index >= 15 is 0 Å². The fourth-order valence-corrected chi connectivity index (χ4v) is 3.45. The second kappa shape index (κ2) is 8.78. The lowest BCUT2D eigenvalue weighted by atomic mass is 9.80. The Morgan fingerprint density at radius 1 is 1.35 bits per heavy atom. The highest BCUT2D eigenvalue weighted by Gasteiger charge is 2.40. The van der Waals surface area contributed by atoms with Crippen molar-refractivity contribution in [3.05, 3.63) is 0 Å². The summed E-state index contributed by atoms with van der Waals surface area (Å²) in [6.45, 7) is 4.88. The molecule has 0 aromatic carbocycles. The van der Waals surface area contributed by atoms with Crippen LogP contribution in [0.3, 0.4) is 0 Å². The SMILES string of the molecule is CSCCNC(=NCC(=O)N(C)C)N1CCC2(CCOCC2)C1. The number of ether oxygens (including phenoxy) is 1. The Balaban J connectivity index is 1.98. The van der Waals surface area contributed by atoms with E-state index in [1.807, 2.05) is 11.8 Å². The predicted molar refractivity (Wildman–Crippen MR) is 96.1 cm³/mol. The first-order chi connectivity index (χ1) is 11.1. The molecule has 2 fully saturated rings. The van der Waals surface area contributed by atoms with Gasteiger partial charge in [-0.3, -0.25) is 4.79 Å². The first kappa shape index (κ1) is 18.4. The zero-order valence-electron chi connectivity index (χ0n) is 14.6. The Labute approximate surface area is 144 Å². The number of nitrogens with zero attached hydrogens (tertiary/aromatic N) is 3. The van der Waals surface area contributed by atoms with Crippen molar-refractivity contribution in [3.8, 4) is 0 Å². The van der Waals surface area contributed by atoms with E-state index in [0.29, 0.717) is 5.41 Å². The maximum atomic E-state index is 11.8. The fraction of sp³-hybridized carbons (Fsp3) is 0.875. The van der Waals surface area contributed by atoms with Crippen LogP contribution in [-0.2, 0) is 9.53 Å². The van der Waals surface area contributed by atoms with Gasteiger partial charge in [-0.2, -0.15) is 11.8 Å². The highest BCUT2D eigenvalue weighted by atomic mass is 32.2. The number of carbonyl (C=O) groups excluding carboxylic acids is 1. The molecule has 0 aromatic rings. The molecule has 0 aromatic heterocycles. The molecule has 1 N–H and O–H groups in total. The Morgan fingerprint density at radius 2 is 2.09 bits per heavy atom. The van der Waals surface area contributed by atoms with E-state index in [1.165, 1.54) is 6.42 Å². The number of rotatable bonds is 5. The summed E-state index contributed by atoms with van der Waals surface area (Å²) in [4.78, 5) is 20.3. The molecular formula is C16H30N4O2S. The van der Waals surface area contributed by atoms with Crippen molar-refractivity contribution in [1.82, 2.24) is 15.1 Å². The molecule has 0 saturated carbocycles. The van der Waals surface area contributed by atoms with E-state index in [9.17, 15) is 4.79 Å². The van der Waals surface area contributed by atoms with Crippen LogP contribution in [0.2, 0.25) is 0 Å². The second-order valence-electron chi connectivity index (χ2n) is 6.63. The van der Waals surface area contributed by atoms with Crippen LogP contribution in [0.4, 0.5) is 0 Å². The zero-order chi connectivity index (χ0) is 16.7. The van der Waals surface area contributed by atoms with E-state index < -0.39 is 0 Å². The van der Waals surface area contributed by atoms with Crippen LogP contribution in [0.25, 0.3) is 0 Å². The maximum Gasteiger partial charge on any atom is 0.243 e. The Kier molecular flexibility index (Phi) is 7.02. The van der Waals surface area contributed by atoms with Crippen LogP contribution in [0.15, 0.2) is 4.99 Å². The van der Waals surface area contributed by atoms with Crippen molar-refractivity contribution >= 4 is 23.6 Å². The Bertz CT molecular complexity index is 422. The molecule has 2 heterocycles. The van der Waals surface area contributed by atoms with Gasteiger partial charge in [-0.25, -0.2) is 4.99 Å². The lowest BCUT2D eigenvalue weighted by Crippen LogP contribution is -2.43. The molecule has 0 unspecified atom stereocenters. The van der Waals surface area contributed by atoms with E-state index in [-0.39, 0.29) is 12.5 Å². The minimum Gasteiger partial charge on any atom is -0.381 e. The molecule has 2 rings (SSSR count). The number of carbonyl (C=O) groups is 1. The normalized spacial score (nSPS) is 20.8. The van der Waals surface area contributed by atoms with Crippen LogP contribution in [-0.4, -0.2) is 87.2 Å². The summed E-state index contributed by atoms with van der Waals surface area (Å²) in [7, 11) is 3.54. The van der Waals surface area contributed by atoms with Crippen molar-refractivity contribution in [2.45, 2.75) is 19.3 Å². The molecule has 2 aliphatic heterocycles. The first-order valence-corrected chi connectivity index (χ1v) is 9.76. The number of likely N-dealkylation sites (tertiary alicyclic amines) is 1. The average Bonchev–Trinajstić information content (AvgIpc) is 2.94. The summed E-state index contributed by atoms with van der Waals surface area (Å²) in [6.07, 6.45) is 5.57. The Hall–Kier alpha value is -0.950.